The highest BCUT2D eigenvalue weighted by molar-refractivity contribution is 6.68. The second-order valence-corrected chi connectivity index (χ2v) is 6.28. The first kappa shape index (κ1) is 18.0. The number of aryl methyl sites for hydroxylation is 1. The van der Waals surface area contributed by atoms with Crippen LogP contribution in [0.1, 0.15) is 27.0 Å². The van der Waals surface area contributed by atoms with Crippen molar-refractivity contribution in [3.8, 4) is 11.5 Å². The van der Waals surface area contributed by atoms with E-state index in [1.165, 1.54) is 0 Å². The Morgan fingerprint density at radius 3 is 1.92 bits per heavy atom. The Balaban J connectivity index is 1.80. The van der Waals surface area contributed by atoms with Gasteiger partial charge in [0.1, 0.15) is 24.7 Å². The van der Waals surface area contributed by atoms with Crippen LogP contribution in [0.3, 0.4) is 0 Å². The second kappa shape index (κ2) is 8.54. The van der Waals surface area contributed by atoms with Crippen molar-refractivity contribution in [3.05, 3.63) is 95.1 Å². The molecule has 0 saturated carbocycles. The second-order valence-electron chi connectivity index (χ2n) is 5.94. The molecule has 0 saturated heterocycles. The summed E-state index contributed by atoms with van der Waals surface area (Å²) in [5.41, 5.74) is 3.16. The molecule has 0 N–H and O–H groups in total. The summed E-state index contributed by atoms with van der Waals surface area (Å²) in [5.74, 6) is 1.06. The summed E-state index contributed by atoms with van der Waals surface area (Å²) in [4.78, 5) is 11.8. The standard InChI is InChI=1S/C22H19ClO3/c1-16-12-19(25-14-17-8-4-2-5-9-17)13-20(21(16)22(23)24)26-15-18-10-6-3-7-11-18/h2-13H,14-15H2,1H3. The topological polar surface area (TPSA) is 35.5 Å². The fourth-order valence-electron chi connectivity index (χ4n) is 2.65. The highest BCUT2D eigenvalue weighted by Gasteiger charge is 2.16. The minimum absolute atomic E-state index is 0.347. The molecule has 3 aromatic rings. The normalized spacial score (nSPS) is 10.4. The fraction of sp³-hybridized carbons (Fsp3) is 0.136. The lowest BCUT2D eigenvalue weighted by Gasteiger charge is -2.15. The predicted molar refractivity (Wildman–Crippen MR) is 103 cm³/mol. The molecule has 0 amide bonds. The summed E-state index contributed by atoms with van der Waals surface area (Å²) in [7, 11) is 0. The first-order valence-electron chi connectivity index (χ1n) is 8.31. The molecular formula is C22H19ClO3. The lowest BCUT2D eigenvalue weighted by atomic mass is 10.1. The third kappa shape index (κ3) is 4.64. The van der Waals surface area contributed by atoms with Gasteiger partial charge in [0.05, 0.1) is 5.56 Å². The van der Waals surface area contributed by atoms with E-state index < -0.39 is 5.24 Å². The zero-order valence-corrected chi connectivity index (χ0v) is 15.2. The molecule has 0 radical (unpaired) electrons. The summed E-state index contributed by atoms with van der Waals surface area (Å²) in [5, 5.41) is -0.542. The van der Waals surface area contributed by atoms with E-state index in [9.17, 15) is 4.79 Å². The Morgan fingerprint density at radius 1 is 0.846 bits per heavy atom. The molecule has 3 rings (SSSR count). The van der Waals surface area contributed by atoms with Crippen LogP contribution in [0, 0.1) is 6.92 Å². The van der Waals surface area contributed by atoms with Gasteiger partial charge in [0.2, 0.25) is 0 Å². The number of carbonyl (C=O) groups excluding carboxylic acids is 1. The summed E-state index contributed by atoms with van der Waals surface area (Å²) >= 11 is 5.76. The van der Waals surface area contributed by atoms with E-state index in [1.807, 2.05) is 67.6 Å². The maximum absolute atomic E-state index is 11.8. The monoisotopic (exact) mass is 366 g/mol. The summed E-state index contributed by atoms with van der Waals surface area (Å²) in [6, 6.07) is 23.2. The van der Waals surface area contributed by atoms with Crippen LogP contribution in [-0.4, -0.2) is 5.24 Å². The molecule has 0 aliphatic heterocycles. The molecule has 3 aromatic carbocycles. The van der Waals surface area contributed by atoms with Crippen LogP contribution in [-0.2, 0) is 13.2 Å². The van der Waals surface area contributed by atoms with E-state index in [4.69, 9.17) is 21.1 Å². The maximum Gasteiger partial charge on any atom is 0.256 e. The van der Waals surface area contributed by atoms with Gasteiger partial charge >= 0.3 is 0 Å². The van der Waals surface area contributed by atoms with E-state index in [-0.39, 0.29) is 0 Å². The minimum Gasteiger partial charge on any atom is -0.489 e. The van der Waals surface area contributed by atoms with E-state index in [2.05, 4.69) is 0 Å². The molecule has 0 heterocycles. The van der Waals surface area contributed by atoms with Crippen LogP contribution >= 0.6 is 11.6 Å². The number of hydrogen-bond donors (Lipinski definition) is 0. The van der Waals surface area contributed by atoms with E-state index in [0.717, 1.165) is 16.7 Å². The van der Waals surface area contributed by atoms with Gasteiger partial charge in [-0.1, -0.05) is 60.7 Å². The van der Waals surface area contributed by atoms with Crippen LogP contribution in [0.15, 0.2) is 72.8 Å². The number of benzene rings is 3. The zero-order chi connectivity index (χ0) is 18.4. The predicted octanol–water partition coefficient (Wildman–Crippen LogP) is 5.53. The average molecular weight is 367 g/mol. The molecule has 132 valence electrons. The largest absolute Gasteiger partial charge is 0.489 e. The van der Waals surface area contributed by atoms with Gasteiger partial charge in [0.15, 0.2) is 0 Å². The van der Waals surface area contributed by atoms with Crippen LogP contribution < -0.4 is 9.47 Å². The molecule has 0 aliphatic rings. The van der Waals surface area contributed by atoms with Crippen molar-refractivity contribution < 1.29 is 14.3 Å². The molecule has 0 unspecified atom stereocenters. The average Bonchev–Trinajstić information content (AvgIpc) is 2.66. The van der Waals surface area contributed by atoms with Gasteiger partial charge in [-0.2, -0.15) is 0 Å². The van der Waals surface area contributed by atoms with Gasteiger partial charge in [-0.15, -0.1) is 0 Å². The Labute approximate surface area is 158 Å². The number of halogens is 1. The van der Waals surface area contributed by atoms with Crippen molar-refractivity contribution >= 4 is 16.8 Å². The van der Waals surface area contributed by atoms with Crippen molar-refractivity contribution in [1.29, 1.82) is 0 Å². The summed E-state index contributed by atoms with van der Waals surface area (Å²) in [6.45, 7) is 2.60. The van der Waals surface area contributed by atoms with Crippen molar-refractivity contribution in [3.63, 3.8) is 0 Å². The molecule has 0 aromatic heterocycles. The zero-order valence-electron chi connectivity index (χ0n) is 14.4. The molecule has 0 spiro atoms. The van der Waals surface area contributed by atoms with Gasteiger partial charge in [0.25, 0.3) is 5.24 Å². The maximum atomic E-state index is 11.8. The van der Waals surface area contributed by atoms with E-state index >= 15 is 0 Å². The van der Waals surface area contributed by atoms with Crippen LogP contribution in [0.2, 0.25) is 0 Å². The van der Waals surface area contributed by atoms with Gasteiger partial charge in [0, 0.05) is 6.07 Å². The van der Waals surface area contributed by atoms with E-state index in [0.29, 0.717) is 30.3 Å². The Morgan fingerprint density at radius 2 is 1.38 bits per heavy atom. The van der Waals surface area contributed by atoms with Gasteiger partial charge in [-0.3, -0.25) is 4.79 Å². The van der Waals surface area contributed by atoms with Gasteiger partial charge < -0.3 is 9.47 Å². The van der Waals surface area contributed by atoms with Crippen molar-refractivity contribution in [2.75, 3.05) is 0 Å². The van der Waals surface area contributed by atoms with Gasteiger partial charge in [-0.05, 0) is 41.3 Å². The van der Waals surface area contributed by atoms with Crippen molar-refractivity contribution in [1.82, 2.24) is 0 Å². The van der Waals surface area contributed by atoms with Crippen LogP contribution in [0.4, 0.5) is 0 Å². The summed E-state index contributed by atoms with van der Waals surface area (Å²) < 4.78 is 11.7. The number of carbonyl (C=O) groups is 1. The number of ether oxygens (including phenoxy) is 2. The third-order valence-electron chi connectivity index (χ3n) is 3.95. The molecule has 0 aliphatic carbocycles. The highest BCUT2D eigenvalue weighted by atomic mass is 35.5. The highest BCUT2D eigenvalue weighted by Crippen LogP contribution is 2.31. The lowest BCUT2D eigenvalue weighted by molar-refractivity contribution is 0.107. The van der Waals surface area contributed by atoms with Crippen molar-refractivity contribution in [2.45, 2.75) is 20.1 Å². The first-order chi connectivity index (χ1) is 12.6. The minimum atomic E-state index is -0.542. The van der Waals surface area contributed by atoms with Crippen LogP contribution in [0.5, 0.6) is 11.5 Å². The molecule has 0 atom stereocenters. The fourth-order valence-corrected chi connectivity index (χ4v) is 2.89. The SMILES string of the molecule is Cc1cc(OCc2ccccc2)cc(OCc2ccccc2)c1C(=O)Cl. The molecular weight excluding hydrogens is 348 g/mol. The third-order valence-corrected chi connectivity index (χ3v) is 4.14. The van der Waals surface area contributed by atoms with E-state index in [1.54, 1.807) is 12.1 Å². The lowest BCUT2D eigenvalue weighted by Crippen LogP contribution is -2.04. The van der Waals surface area contributed by atoms with Crippen LogP contribution in [0.25, 0.3) is 0 Å². The molecule has 4 heteroatoms. The molecule has 0 bridgehead atoms. The summed E-state index contributed by atoms with van der Waals surface area (Å²) in [6.07, 6.45) is 0. The number of rotatable bonds is 7. The first-order valence-corrected chi connectivity index (χ1v) is 8.69. The number of hydrogen-bond acceptors (Lipinski definition) is 3. The quantitative estimate of drug-likeness (QED) is 0.515. The van der Waals surface area contributed by atoms with Crippen molar-refractivity contribution in [2.24, 2.45) is 0 Å². The smallest absolute Gasteiger partial charge is 0.256 e. The molecule has 0 fully saturated rings. The molecule has 26 heavy (non-hydrogen) atoms. The van der Waals surface area contributed by atoms with Gasteiger partial charge in [-0.25, -0.2) is 0 Å². The Bertz CT molecular complexity index is 877. The Kier molecular flexibility index (Phi) is 5.92. The molecule has 3 nitrogen and oxygen atoms in total. The Hall–Kier alpha value is -2.78.